The van der Waals surface area contributed by atoms with E-state index in [2.05, 4.69) is 48.0 Å². The number of fused-ring (bicyclic) bond motifs is 1. The number of thiophene rings is 1. The van der Waals surface area contributed by atoms with Crippen molar-refractivity contribution >= 4 is 94.0 Å². The number of halogens is 3. The van der Waals surface area contributed by atoms with Crippen molar-refractivity contribution in [1.29, 1.82) is 0 Å². The molecule has 3 N–H and O–H groups in total. The minimum absolute atomic E-state index is 0.0875. The van der Waals surface area contributed by atoms with Gasteiger partial charge in [-0.2, -0.15) is 0 Å². The number of carbonyl (C=O) groups excluding carboxylic acids is 2. The highest BCUT2D eigenvalue weighted by Gasteiger charge is 2.19. The highest BCUT2D eigenvalue weighted by Crippen LogP contribution is 2.37. The second kappa shape index (κ2) is 10.8. The first kappa shape index (κ1) is 24.7. The number of nitrogens with one attached hydrogen (secondary N) is 3. The number of hydrogen-bond acceptors (Lipinski definition) is 6. The number of carbonyl (C=O) groups is 2. The molecule has 3 aromatic rings. The van der Waals surface area contributed by atoms with E-state index in [0.29, 0.717) is 25.9 Å². The van der Waals surface area contributed by atoms with E-state index in [1.807, 2.05) is 19.1 Å². The molecule has 0 radical (unpaired) electrons. The molecular weight excluding hydrogens is 606 g/mol. The van der Waals surface area contributed by atoms with Crippen LogP contribution in [0.15, 0.2) is 39.3 Å². The van der Waals surface area contributed by atoms with Gasteiger partial charge in [0.05, 0.1) is 16.6 Å². The van der Waals surface area contributed by atoms with E-state index >= 15 is 0 Å². The molecule has 1 aromatic heterocycles. The van der Waals surface area contributed by atoms with Crippen LogP contribution < -0.4 is 25.6 Å². The molecule has 3 rings (SSSR count). The van der Waals surface area contributed by atoms with Crippen LogP contribution >= 0.6 is 67.0 Å². The zero-order valence-electron chi connectivity index (χ0n) is 16.7. The van der Waals surface area contributed by atoms with Crippen LogP contribution in [-0.4, -0.2) is 30.6 Å². The summed E-state index contributed by atoms with van der Waals surface area (Å²) in [7, 11) is 1.56. The molecule has 0 aliphatic carbocycles. The largest absolute Gasteiger partial charge is 0.497 e. The van der Waals surface area contributed by atoms with Gasteiger partial charge < -0.3 is 9.47 Å². The van der Waals surface area contributed by atoms with E-state index in [-0.39, 0.29) is 11.7 Å². The third-order valence-electron chi connectivity index (χ3n) is 4.13. The summed E-state index contributed by atoms with van der Waals surface area (Å²) in [5, 5.41) is 3.46. The molecule has 32 heavy (non-hydrogen) atoms. The van der Waals surface area contributed by atoms with Gasteiger partial charge in [-0.1, -0.05) is 27.5 Å². The average Bonchev–Trinajstić information content (AvgIpc) is 3.07. The van der Waals surface area contributed by atoms with Crippen LogP contribution in [0.5, 0.6) is 11.5 Å². The predicted molar refractivity (Wildman–Crippen MR) is 137 cm³/mol. The fraction of sp³-hybridized carbons (Fsp3) is 0.150. The minimum atomic E-state index is -0.493. The lowest BCUT2D eigenvalue weighted by Crippen LogP contribution is -2.49. The number of hydrogen-bond donors (Lipinski definition) is 3. The highest BCUT2D eigenvalue weighted by molar-refractivity contribution is 9.11. The van der Waals surface area contributed by atoms with E-state index in [9.17, 15) is 9.59 Å². The number of rotatable bonds is 5. The summed E-state index contributed by atoms with van der Waals surface area (Å²) in [5.41, 5.74) is 5.70. The predicted octanol–water partition coefficient (Wildman–Crippen LogP) is 5.11. The molecule has 0 saturated heterocycles. The smallest absolute Gasteiger partial charge is 0.276 e. The molecule has 0 atom stereocenters. The van der Waals surface area contributed by atoms with Gasteiger partial charge in [0.15, 0.2) is 11.7 Å². The molecule has 0 aliphatic heterocycles. The molecule has 168 valence electrons. The number of amides is 2. The van der Waals surface area contributed by atoms with Gasteiger partial charge in [-0.05, 0) is 71.0 Å². The minimum Gasteiger partial charge on any atom is -0.497 e. The maximum Gasteiger partial charge on any atom is 0.276 e. The number of thiocarbonyl (C=S) groups is 1. The molecule has 0 bridgehead atoms. The Morgan fingerprint density at radius 1 is 1.19 bits per heavy atom. The molecular formula is C20H16Br2ClN3O4S2. The van der Waals surface area contributed by atoms with Gasteiger partial charge in [-0.3, -0.25) is 25.8 Å². The van der Waals surface area contributed by atoms with Crippen molar-refractivity contribution in [2.45, 2.75) is 6.92 Å². The Morgan fingerprint density at radius 2 is 1.94 bits per heavy atom. The first-order chi connectivity index (χ1) is 15.2. The summed E-state index contributed by atoms with van der Waals surface area (Å²) in [6.45, 7) is 1.61. The van der Waals surface area contributed by atoms with Gasteiger partial charge in [-0.25, -0.2) is 0 Å². The summed E-state index contributed by atoms with van der Waals surface area (Å²) in [4.78, 5) is 24.9. The summed E-state index contributed by atoms with van der Waals surface area (Å²) >= 11 is 19.4. The lowest BCUT2D eigenvalue weighted by atomic mass is 10.2. The quantitative estimate of drug-likeness (QED) is 0.271. The van der Waals surface area contributed by atoms with Crippen LogP contribution in [0.1, 0.15) is 15.2 Å². The molecule has 0 fully saturated rings. The van der Waals surface area contributed by atoms with Gasteiger partial charge in [0.25, 0.3) is 11.8 Å². The number of benzene rings is 2. The third kappa shape index (κ3) is 5.90. The second-order valence-corrected chi connectivity index (χ2v) is 9.99. The van der Waals surface area contributed by atoms with Gasteiger partial charge in [0, 0.05) is 14.6 Å². The van der Waals surface area contributed by atoms with Crippen molar-refractivity contribution in [2.75, 3.05) is 13.7 Å². The van der Waals surface area contributed by atoms with E-state index < -0.39 is 11.8 Å². The lowest BCUT2D eigenvalue weighted by Gasteiger charge is -2.13. The molecule has 0 unspecified atom stereocenters. The Balaban J connectivity index is 1.53. The fourth-order valence-corrected chi connectivity index (χ4v) is 5.82. The van der Waals surface area contributed by atoms with Crippen LogP contribution in [0.4, 0.5) is 0 Å². The number of ether oxygens (including phenoxy) is 2. The maximum atomic E-state index is 12.6. The van der Waals surface area contributed by atoms with Crippen molar-refractivity contribution in [1.82, 2.24) is 16.2 Å². The molecule has 7 nitrogen and oxygen atoms in total. The third-order valence-corrected chi connectivity index (χ3v) is 7.03. The van der Waals surface area contributed by atoms with Crippen molar-refractivity contribution in [3.63, 3.8) is 0 Å². The van der Waals surface area contributed by atoms with Gasteiger partial charge in [0.1, 0.15) is 16.4 Å². The van der Waals surface area contributed by atoms with Crippen LogP contribution in [0.2, 0.25) is 5.02 Å². The number of methoxy groups -OCH3 is 1. The Hall–Kier alpha value is -1.92. The average molecular weight is 622 g/mol. The molecule has 2 amide bonds. The molecule has 0 saturated carbocycles. The normalized spacial score (nSPS) is 10.5. The topological polar surface area (TPSA) is 88.7 Å². The number of aryl methyl sites for hydroxylation is 1. The van der Waals surface area contributed by atoms with Crippen molar-refractivity contribution < 1.29 is 19.1 Å². The molecule has 12 heteroatoms. The Bertz CT molecular complexity index is 1200. The van der Waals surface area contributed by atoms with Gasteiger partial charge in [0.2, 0.25) is 0 Å². The summed E-state index contributed by atoms with van der Waals surface area (Å²) in [6, 6.07) is 9.03. The molecule has 0 spiro atoms. The zero-order valence-corrected chi connectivity index (χ0v) is 22.2. The monoisotopic (exact) mass is 619 g/mol. The van der Waals surface area contributed by atoms with Gasteiger partial charge in [-0.15, -0.1) is 11.3 Å². The Morgan fingerprint density at radius 3 is 2.62 bits per heavy atom. The first-order valence-corrected chi connectivity index (χ1v) is 12.1. The first-order valence-electron chi connectivity index (χ1n) is 8.94. The maximum absolute atomic E-state index is 12.6. The van der Waals surface area contributed by atoms with E-state index in [4.69, 9.17) is 33.3 Å². The molecule has 1 heterocycles. The van der Waals surface area contributed by atoms with Crippen molar-refractivity contribution in [3.8, 4) is 11.5 Å². The SMILES string of the molecule is COc1ccc2c(Cl)c(C(=O)NC(=S)NNC(=O)COc3c(C)cc(Br)cc3Br)sc2c1. The second-order valence-electron chi connectivity index (χ2n) is 6.39. The Labute approximate surface area is 215 Å². The molecule has 0 aliphatic rings. The summed E-state index contributed by atoms with van der Waals surface area (Å²) in [5.74, 6) is 0.237. The number of hydrazine groups is 1. The van der Waals surface area contributed by atoms with E-state index in [0.717, 1.165) is 20.1 Å². The summed E-state index contributed by atoms with van der Waals surface area (Å²) in [6.07, 6.45) is 0. The summed E-state index contributed by atoms with van der Waals surface area (Å²) < 4.78 is 13.2. The van der Waals surface area contributed by atoms with E-state index in [1.54, 1.807) is 25.3 Å². The molecule has 2 aromatic carbocycles. The fourth-order valence-electron chi connectivity index (χ4n) is 2.68. The van der Waals surface area contributed by atoms with Crippen LogP contribution in [0, 0.1) is 6.92 Å². The van der Waals surface area contributed by atoms with E-state index in [1.165, 1.54) is 11.3 Å². The lowest BCUT2D eigenvalue weighted by molar-refractivity contribution is -0.123. The zero-order chi connectivity index (χ0) is 23.4. The Kier molecular flexibility index (Phi) is 8.34. The van der Waals surface area contributed by atoms with Crippen LogP contribution in [0.3, 0.4) is 0 Å². The van der Waals surface area contributed by atoms with Crippen LogP contribution in [-0.2, 0) is 4.79 Å². The van der Waals surface area contributed by atoms with Gasteiger partial charge >= 0.3 is 0 Å². The van der Waals surface area contributed by atoms with Crippen molar-refractivity contribution in [3.05, 3.63) is 54.7 Å². The van der Waals surface area contributed by atoms with Crippen molar-refractivity contribution in [2.24, 2.45) is 0 Å². The standard InChI is InChI=1S/C20H16Br2ClN3O4S2/c1-9-5-10(21)6-13(22)17(9)30-8-15(27)25-26-20(31)24-19(28)18-16(23)12-4-3-11(29-2)7-14(12)32-18/h3-7H,8H2,1-2H3,(H,25,27)(H2,24,26,28,31). The van der Waals surface area contributed by atoms with Crippen LogP contribution in [0.25, 0.3) is 10.1 Å². The highest BCUT2D eigenvalue weighted by atomic mass is 79.9.